The number of carbonyl (C=O) groups excluding carboxylic acids is 1. The number of nitrogens with one attached hydrogen (secondary N) is 2. The van der Waals surface area contributed by atoms with E-state index in [1.54, 1.807) is 30.9 Å². The number of anilines is 3. The molecule has 2 aromatic carbocycles. The summed E-state index contributed by atoms with van der Waals surface area (Å²) in [4.78, 5) is 28.4. The van der Waals surface area contributed by atoms with Gasteiger partial charge in [0.2, 0.25) is 0 Å². The lowest BCUT2D eigenvalue weighted by Gasteiger charge is -2.22. The number of benzene rings is 2. The first-order valence-corrected chi connectivity index (χ1v) is 11.9. The number of rotatable bonds is 6. The van der Waals surface area contributed by atoms with Crippen LogP contribution in [0.3, 0.4) is 0 Å². The van der Waals surface area contributed by atoms with Gasteiger partial charge in [-0.3, -0.25) is 14.9 Å². The molecule has 0 aliphatic carbocycles. The number of nitrogens with zero attached hydrogens (tertiary/aromatic N) is 5. The smallest absolute Gasteiger partial charge is 0.161 e. The van der Waals surface area contributed by atoms with Crippen LogP contribution in [0.25, 0.3) is 22.3 Å². The summed E-state index contributed by atoms with van der Waals surface area (Å²) in [7, 11) is 1.96. The minimum atomic E-state index is -0.244. The number of hydrogen-bond donors (Lipinski definition) is 2. The number of hydrogen-bond acceptors (Lipinski definition) is 7. The molecule has 36 heavy (non-hydrogen) atoms. The number of aromatic amines is 1. The van der Waals surface area contributed by atoms with Crippen LogP contribution in [0.1, 0.15) is 11.1 Å². The highest BCUT2D eigenvalue weighted by molar-refractivity contribution is 6.31. The zero-order chi connectivity index (χ0) is 24.6. The summed E-state index contributed by atoms with van der Waals surface area (Å²) >= 11 is 6.22. The molecule has 0 bridgehead atoms. The third-order valence-corrected chi connectivity index (χ3v) is 6.91. The molecule has 1 atom stereocenters. The first-order valence-electron chi connectivity index (χ1n) is 11.6. The molecular formula is C27H22ClN7O. The predicted molar refractivity (Wildman–Crippen MR) is 141 cm³/mol. The van der Waals surface area contributed by atoms with Crippen LogP contribution in [0, 0.1) is 0 Å². The van der Waals surface area contributed by atoms with Crippen LogP contribution in [-0.4, -0.2) is 44.0 Å². The second-order valence-electron chi connectivity index (χ2n) is 8.85. The molecule has 5 aromatic rings. The van der Waals surface area contributed by atoms with Crippen LogP contribution < -0.4 is 10.2 Å². The van der Waals surface area contributed by atoms with E-state index in [0.717, 1.165) is 39.0 Å². The Kier molecular flexibility index (Phi) is 5.58. The summed E-state index contributed by atoms with van der Waals surface area (Å²) in [6, 6.07) is 15.5. The lowest BCUT2D eigenvalue weighted by atomic mass is 10.0. The van der Waals surface area contributed by atoms with Crippen LogP contribution in [-0.2, 0) is 17.6 Å². The third-order valence-electron chi connectivity index (χ3n) is 6.57. The number of aromatic nitrogens is 5. The van der Waals surface area contributed by atoms with Gasteiger partial charge in [-0.25, -0.2) is 9.97 Å². The van der Waals surface area contributed by atoms with Crippen LogP contribution in [0.4, 0.5) is 17.2 Å². The Bertz CT molecular complexity index is 1600. The second kappa shape index (κ2) is 9.05. The molecule has 0 radical (unpaired) electrons. The number of carbonyl (C=O) groups is 1. The lowest BCUT2D eigenvalue weighted by Crippen LogP contribution is -2.36. The highest BCUT2D eigenvalue weighted by Crippen LogP contribution is 2.35. The van der Waals surface area contributed by atoms with Gasteiger partial charge in [-0.05, 0) is 47.5 Å². The van der Waals surface area contributed by atoms with Crippen LogP contribution in [0.2, 0.25) is 5.02 Å². The monoisotopic (exact) mass is 495 g/mol. The van der Waals surface area contributed by atoms with Crippen molar-refractivity contribution in [2.24, 2.45) is 0 Å². The van der Waals surface area contributed by atoms with Gasteiger partial charge in [-0.15, -0.1) is 0 Å². The Balaban J connectivity index is 1.22. The summed E-state index contributed by atoms with van der Waals surface area (Å²) in [5.41, 5.74) is 5.72. The number of H-pyrrole nitrogens is 1. The van der Waals surface area contributed by atoms with Gasteiger partial charge < -0.3 is 10.2 Å². The molecule has 0 fully saturated rings. The van der Waals surface area contributed by atoms with E-state index in [0.29, 0.717) is 23.1 Å². The quantitative estimate of drug-likeness (QED) is 0.342. The van der Waals surface area contributed by atoms with Crippen molar-refractivity contribution in [3.8, 4) is 11.4 Å². The van der Waals surface area contributed by atoms with E-state index in [-0.39, 0.29) is 18.2 Å². The molecule has 178 valence electrons. The first kappa shape index (κ1) is 22.2. The summed E-state index contributed by atoms with van der Waals surface area (Å²) in [5.74, 6) is 1.43. The van der Waals surface area contributed by atoms with Gasteiger partial charge in [0.1, 0.15) is 5.82 Å². The van der Waals surface area contributed by atoms with Gasteiger partial charge in [-0.2, -0.15) is 5.10 Å². The maximum Gasteiger partial charge on any atom is 0.161 e. The predicted octanol–water partition coefficient (Wildman–Crippen LogP) is 4.98. The van der Waals surface area contributed by atoms with Gasteiger partial charge in [-0.1, -0.05) is 23.7 Å². The minimum absolute atomic E-state index is 0.125. The number of fused-ring (bicyclic) bond motifs is 2. The summed E-state index contributed by atoms with van der Waals surface area (Å²) < 4.78 is 0. The Morgan fingerprint density at radius 2 is 2.06 bits per heavy atom. The van der Waals surface area contributed by atoms with E-state index < -0.39 is 0 Å². The maximum atomic E-state index is 13.1. The summed E-state index contributed by atoms with van der Waals surface area (Å²) in [6.07, 6.45) is 7.69. The van der Waals surface area contributed by atoms with Gasteiger partial charge in [0.15, 0.2) is 11.6 Å². The van der Waals surface area contributed by atoms with Gasteiger partial charge in [0, 0.05) is 60.8 Å². The van der Waals surface area contributed by atoms with Gasteiger partial charge >= 0.3 is 0 Å². The highest BCUT2D eigenvalue weighted by atomic mass is 35.5. The van der Waals surface area contributed by atoms with Gasteiger partial charge in [0.25, 0.3) is 0 Å². The van der Waals surface area contributed by atoms with E-state index in [1.165, 1.54) is 0 Å². The van der Waals surface area contributed by atoms with Crippen molar-refractivity contribution in [1.82, 2.24) is 25.1 Å². The molecule has 0 saturated carbocycles. The van der Waals surface area contributed by atoms with E-state index in [9.17, 15) is 4.79 Å². The molecule has 4 heterocycles. The molecule has 1 aliphatic rings. The summed E-state index contributed by atoms with van der Waals surface area (Å²) in [5, 5.41) is 11.9. The fourth-order valence-electron chi connectivity index (χ4n) is 4.64. The maximum absolute atomic E-state index is 13.1. The molecule has 2 N–H and O–H groups in total. The van der Waals surface area contributed by atoms with Crippen molar-refractivity contribution >= 4 is 45.5 Å². The average molecular weight is 496 g/mol. The van der Waals surface area contributed by atoms with Gasteiger partial charge in [0.05, 0.1) is 22.8 Å². The summed E-state index contributed by atoms with van der Waals surface area (Å²) in [6.45, 7) is 0. The normalized spacial score (nSPS) is 14.7. The van der Waals surface area contributed by atoms with Crippen molar-refractivity contribution < 1.29 is 4.79 Å². The molecule has 1 unspecified atom stereocenters. The number of ketones is 1. The minimum Gasteiger partial charge on any atom is -0.364 e. The number of Topliss-reactive ketones (excluding diaryl/α,β-unsaturated/α-hetero) is 1. The van der Waals surface area contributed by atoms with Crippen molar-refractivity contribution in [2.75, 3.05) is 17.3 Å². The van der Waals surface area contributed by atoms with E-state index in [1.807, 2.05) is 42.3 Å². The van der Waals surface area contributed by atoms with Crippen molar-refractivity contribution in [3.63, 3.8) is 0 Å². The molecule has 0 saturated heterocycles. The molecular weight excluding hydrogens is 474 g/mol. The van der Waals surface area contributed by atoms with Crippen LogP contribution >= 0.6 is 11.6 Å². The average Bonchev–Trinajstić information content (AvgIpc) is 3.49. The second-order valence-corrected chi connectivity index (χ2v) is 9.25. The van der Waals surface area contributed by atoms with Crippen LogP contribution in [0.15, 0.2) is 73.3 Å². The topological polar surface area (TPSA) is 99.7 Å². The molecule has 0 amide bonds. The fourth-order valence-corrected chi connectivity index (χ4v) is 4.82. The zero-order valence-corrected chi connectivity index (χ0v) is 20.2. The van der Waals surface area contributed by atoms with Crippen LogP contribution in [0.5, 0.6) is 0 Å². The Labute approximate surface area is 212 Å². The lowest BCUT2D eigenvalue weighted by molar-refractivity contribution is -0.119. The fraction of sp³-hybridized carbons (Fsp3) is 0.148. The first-order chi connectivity index (χ1) is 17.5. The SMILES string of the molecule is CN1c2cc(-c3nccc(Nc4ccc5[nH]ncc5c4)n3)ccc2CC1C(=O)Cc1ccncc1Cl. The Morgan fingerprint density at radius 1 is 1.14 bits per heavy atom. The number of halogens is 1. The van der Waals surface area contributed by atoms with E-state index >= 15 is 0 Å². The number of pyridine rings is 1. The molecule has 6 rings (SSSR count). The zero-order valence-electron chi connectivity index (χ0n) is 19.4. The Hall–Kier alpha value is -4.30. The van der Waals surface area contributed by atoms with Crippen molar-refractivity contribution in [3.05, 3.63) is 89.5 Å². The standard InChI is InChI=1S/C27H22ClN7O/c1-35-23-12-18(3-2-17(23)11-24(35)25(36)13-16-6-8-29-15-21(16)28)27-30-9-7-26(33-27)32-20-4-5-22-19(10-20)14-31-34-22/h2-10,12,14-15,24H,11,13H2,1H3,(H,31,34)(H,30,32,33). The molecule has 9 heteroatoms. The molecule has 0 spiro atoms. The van der Waals surface area contributed by atoms with E-state index in [4.69, 9.17) is 16.6 Å². The third kappa shape index (κ3) is 4.16. The number of likely N-dealkylation sites (N-methyl/N-ethyl adjacent to an activating group) is 1. The molecule has 3 aromatic heterocycles. The molecule has 8 nitrogen and oxygen atoms in total. The highest BCUT2D eigenvalue weighted by Gasteiger charge is 2.32. The van der Waals surface area contributed by atoms with Crippen molar-refractivity contribution in [1.29, 1.82) is 0 Å². The van der Waals surface area contributed by atoms with E-state index in [2.05, 4.69) is 37.6 Å². The Morgan fingerprint density at radius 3 is 2.94 bits per heavy atom. The largest absolute Gasteiger partial charge is 0.364 e. The van der Waals surface area contributed by atoms with Crippen molar-refractivity contribution in [2.45, 2.75) is 18.9 Å². The molecule has 1 aliphatic heterocycles.